The summed E-state index contributed by atoms with van der Waals surface area (Å²) in [6, 6.07) is 11.3. The molecule has 0 radical (unpaired) electrons. The van der Waals surface area contributed by atoms with Crippen LogP contribution in [0.4, 0.5) is 5.13 Å². The summed E-state index contributed by atoms with van der Waals surface area (Å²) in [5.41, 5.74) is 2.19. The number of benzene rings is 2. The number of thiazole rings is 1. The fraction of sp³-hybridized carbons (Fsp3) is 0.355. The van der Waals surface area contributed by atoms with Crippen LogP contribution < -0.4 is 14.4 Å². The predicted molar refractivity (Wildman–Crippen MR) is 155 cm³/mol. The number of anilines is 1. The van der Waals surface area contributed by atoms with Crippen LogP contribution in [0.15, 0.2) is 48.0 Å². The Morgan fingerprint density at radius 1 is 1.20 bits per heavy atom. The van der Waals surface area contributed by atoms with Crippen LogP contribution in [-0.2, 0) is 20.7 Å². The smallest absolute Gasteiger partial charge is 0.350 e. The summed E-state index contributed by atoms with van der Waals surface area (Å²) in [5, 5.41) is 11.7. The molecule has 214 valence electrons. The molecule has 0 spiro atoms. The van der Waals surface area contributed by atoms with Crippen molar-refractivity contribution in [1.82, 2.24) is 4.98 Å². The van der Waals surface area contributed by atoms with Crippen molar-refractivity contribution in [2.24, 2.45) is 0 Å². The van der Waals surface area contributed by atoms with Crippen molar-refractivity contribution >= 4 is 39.9 Å². The van der Waals surface area contributed by atoms with Crippen LogP contribution in [0.2, 0.25) is 0 Å². The second-order valence-electron chi connectivity index (χ2n) is 10.0. The van der Waals surface area contributed by atoms with Crippen LogP contribution >= 0.6 is 11.3 Å². The molecule has 1 saturated heterocycles. The Kier molecular flexibility index (Phi) is 8.12. The number of unbranched alkanes of at least 4 members (excludes halogenated alkanes) is 1. The normalized spacial score (nSPS) is 19.3. The van der Waals surface area contributed by atoms with Crippen molar-refractivity contribution in [3.05, 3.63) is 75.3 Å². The van der Waals surface area contributed by atoms with Gasteiger partial charge in [0.2, 0.25) is 0 Å². The first kappa shape index (κ1) is 28.4. The van der Waals surface area contributed by atoms with E-state index in [-0.39, 0.29) is 34.1 Å². The fourth-order valence-corrected chi connectivity index (χ4v) is 6.04. The molecular formula is C31H32N2O7S. The van der Waals surface area contributed by atoms with E-state index < -0.39 is 23.7 Å². The zero-order valence-corrected chi connectivity index (χ0v) is 24.2. The third-order valence-electron chi connectivity index (χ3n) is 7.01. The van der Waals surface area contributed by atoms with Crippen molar-refractivity contribution in [3.63, 3.8) is 0 Å². The number of carbonyl (C=O) groups excluding carboxylic acids is 3. The second-order valence-corrected chi connectivity index (χ2v) is 11.0. The first-order valence-electron chi connectivity index (χ1n) is 13.7. The minimum atomic E-state index is -1.01. The summed E-state index contributed by atoms with van der Waals surface area (Å²) in [6.45, 7) is 8.08. The number of carbonyl (C=O) groups is 3. The number of hydrogen-bond donors (Lipinski definition) is 1. The highest BCUT2D eigenvalue weighted by Gasteiger charge is 2.48. The molecule has 1 amide bonds. The number of rotatable bonds is 9. The summed E-state index contributed by atoms with van der Waals surface area (Å²) >= 11 is 0.971. The number of esters is 1. The standard InChI is InChI=1S/C31H32N2O7S/c1-5-7-13-39-22-10-8-9-19(16-22)25-24(26(34)20-11-12-23-21(15-20)14-17(3)40-23)27(35)29(36)33(25)31-32-18(4)28(41-31)30(37)38-6-2/h8-12,15-17,25,34H,5-7,13-14H2,1-4H3/b26-24+/t17-,25+/m1/s1. The van der Waals surface area contributed by atoms with Gasteiger partial charge in [-0.3, -0.25) is 14.5 Å². The van der Waals surface area contributed by atoms with Gasteiger partial charge in [0.05, 0.1) is 30.5 Å². The molecule has 2 aromatic carbocycles. The number of Topliss-reactive ketones (excluding diaryl/α,β-unsaturated/α-hetero) is 1. The molecule has 41 heavy (non-hydrogen) atoms. The van der Waals surface area contributed by atoms with Gasteiger partial charge < -0.3 is 19.3 Å². The zero-order chi connectivity index (χ0) is 29.3. The number of hydrogen-bond acceptors (Lipinski definition) is 9. The first-order valence-corrected chi connectivity index (χ1v) is 14.5. The molecule has 3 aromatic rings. The molecule has 2 aliphatic heterocycles. The lowest BCUT2D eigenvalue weighted by atomic mass is 9.94. The third kappa shape index (κ3) is 5.44. The van der Waals surface area contributed by atoms with Crippen molar-refractivity contribution in [3.8, 4) is 11.5 Å². The lowest BCUT2D eigenvalue weighted by Crippen LogP contribution is -2.29. The van der Waals surface area contributed by atoms with Gasteiger partial charge in [0.15, 0.2) is 5.13 Å². The maximum atomic E-state index is 13.6. The Morgan fingerprint density at radius 3 is 2.76 bits per heavy atom. The molecule has 0 saturated carbocycles. The van der Waals surface area contributed by atoms with E-state index >= 15 is 0 Å². The van der Waals surface area contributed by atoms with Gasteiger partial charge in [0.1, 0.15) is 28.2 Å². The van der Waals surface area contributed by atoms with Gasteiger partial charge in [0.25, 0.3) is 5.78 Å². The van der Waals surface area contributed by atoms with Crippen molar-refractivity contribution in [2.45, 2.75) is 59.1 Å². The summed E-state index contributed by atoms with van der Waals surface area (Å²) in [7, 11) is 0. The molecule has 2 atom stereocenters. The van der Waals surface area contributed by atoms with E-state index in [1.807, 2.05) is 6.92 Å². The van der Waals surface area contributed by atoms with Crippen LogP contribution in [0, 0.1) is 6.92 Å². The van der Waals surface area contributed by atoms with E-state index in [1.54, 1.807) is 56.3 Å². The third-order valence-corrected chi connectivity index (χ3v) is 8.14. The number of aliphatic hydroxyl groups is 1. The summed E-state index contributed by atoms with van der Waals surface area (Å²) < 4.78 is 16.9. The molecule has 0 aliphatic carbocycles. The number of ketones is 1. The van der Waals surface area contributed by atoms with Crippen LogP contribution in [0.3, 0.4) is 0 Å². The Hall–Kier alpha value is -4.18. The number of ether oxygens (including phenoxy) is 3. The predicted octanol–water partition coefficient (Wildman–Crippen LogP) is 5.76. The molecule has 10 heteroatoms. The lowest BCUT2D eigenvalue weighted by Gasteiger charge is -2.23. The highest BCUT2D eigenvalue weighted by Crippen LogP contribution is 2.45. The monoisotopic (exact) mass is 576 g/mol. The Bertz CT molecular complexity index is 1540. The van der Waals surface area contributed by atoms with E-state index in [0.29, 0.717) is 35.6 Å². The highest BCUT2D eigenvalue weighted by molar-refractivity contribution is 7.17. The van der Waals surface area contributed by atoms with Gasteiger partial charge in [-0.05, 0) is 68.7 Å². The highest BCUT2D eigenvalue weighted by atomic mass is 32.1. The van der Waals surface area contributed by atoms with Crippen LogP contribution in [0.5, 0.6) is 11.5 Å². The summed E-state index contributed by atoms with van der Waals surface area (Å²) in [5.74, 6) is -1.24. The molecule has 0 bridgehead atoms. The maximum Gasteiger partial charge on any atom is 0.350 e. The van der Waals surface area contributed by atoms with Gasteiger partial charge in [-0.25, -0.2) is 9.78 Å². The Morgan fingerprint density at radius 2 is 2.00 bits per heavy atom. The van der Waals surface area contributed by atoms with E-state index in [9.17, 15) is 19.5 Å². The van der Waals surface area contributed by atoms with E-state index in [0.717, 1.165) is 35.5 Å². The van der Waals surface area contributed by atoms with Crippen LogP contribution in [0.1, 0.15) is 71.7 Å². The average molecular weight is 577 g/mol. The topological polar surface area (TPSA) is 115 Å². The largest absolute Gasteiger partial charge is 0.507 e. The molecule has 1 N–H and O–H groups in total. The van der Waals surface area contributed by atoms with Gasteiger partial charge in [-0.15, -0.1) is 0 Å². The van der Waals surface area contributed by atoms with E-state index in [4.69, 9.17) is 14.2 Å². The second kappa shape index (κ2) is 11.7. The molecule has 3 heterocycles. The molecule has 5 rings (SSSR count). The Labute approximate surface area is 242 Å². The van der Waals surface area contributed by atoms with Crippen molar-refractivity contribution < 1.29 is 33.7 Å². The zero-order valence-electron chi connectivity index (χ0n) is 23.4. The minimum Gasteiger partial charge on any atom is -0.507 e. The summed E-state index contributed by atoms with van der Waals surface area (Å²) in [6.07, 6.45) is 2.51. The average Bonchev–Trinajstić information content (AvgIpc) is 3.60. The maximum absolute atomic E-state index is 13.6. The van der Waals surface area contributed by atoms with Crippen LogP contribution in [0.25, 0.3) is 5.76 Å². The molecule has 1 aromatic heterocycles. The fourth-order valence-electron chi connectivity index (χ4n) is 5.05. The van der Waals surface area contributed by atoms with Gasteiger partial charge >= 0.3 is 11.9 Å². The van der Waals surface area contributed by atoms with Crippen LogP contribution in [-0.4, -0.2) is 47.1 Å². The van der Waals surface area contributed by atoms with Gasteiger partial charge in [-0.1, -0.05) is 36.8 Å². The SMILES string of the molecule is CCCCOc1cccc([C@H]2/C(=C(\O)c3ccc4c(c3)C[C@@H](C)O4)C(=O)C(=O)N2c2nc(C)c(C(=O)OCC)s2)c1. The van der Waals surface area contributed by atoms with Gasteiger partial charge in [-0.2, -0.15) is 0 Å². The number of fused-ring (bicyclic) bond motifs is 1. The summed E-state index contributed by atoms with van der Waals surface area (Å²) in [4.78, 5) is 45.7. The number of amides is 1. The molecule has 9 nitrogen and oxygen atoms in total. The number of aromatic nitrogens is 1. The quantitative estimate of drug-likeness (QED) is 0.112. The Balaban J connectivity index is 1.64. The molecular weight excluding hydrogens is 544 g/mol. The van der Waals surface area contributed by atoms with Crippen molar-refractivity contribution in [2.75, 3.05) is 18.1 Å². The molecule has 0 unspecified atom stereocenters. The first-order chi connectivity index (χ1) is 19.7. The minimum absolute atomic E-state index is 0.00478. The number of aryl methyl sites for hydroxylation is 1. The number of nitrogens with zero attached hydrogens (tertiary/aromatic N) is 2. The molecule has 1 fully saturated rings. The lowest BCUT2D eigenvalue weighted by molar-refractivity contribution is -0.132. The van der Waals surface area contributed by atoms with E-state index in [1.165, 1.54) is 4.90 Å². The van der Waals surface area contributed by atoms with Crippen molar-refractivity contribution in [1.29, 1.82) is 0 Å². The number of aliphatic hydroxyl groups excluding tert-OH is 1. The van der Waals surface area contributed by atoms with Gasteiger partial charge in [0, 0.05) is 12.0 Å². The van der Waals surface area contributed by atoms with E-state index in [2.05, 4.69) is 11.9 Å². The molecule has 2 aliphatic rings.